The van der Waals surface area contributed by atoms with Gasteiger partial charge in [0.2, 0.25) is 5.95 Å². The van der Waals surface area contributed by atoms with E-state index in [0.29, 0.717) is 28.7 Å². The van der Waals surface area contributed by atoms with E-state index in [1.165, 1.54) is 6.20 Å². The Bertz CT molecular complexity index is 960. The van der Waals surface area contributed by atoms with Crippen LogP contribution in [-0.4, -0.2) is 47.2 Å². The van der Waals surface area contributed by atoms with Gasteiger partial charge in [-0.05, 0) is 31.7 Å². The Hall–Kier alpha value is -1.96. The van der Waals surface area contributed by atoms with E-state index in [0.717, 1.165) is 39.1 Å². The first-order chi connectivity index (χ1) is 13.8. The molecule has 0 radical (unpaired) electrons. The van der Waals surface area contributed by atoms with Gasteiger partial charge in [-0.25, -0.2) is 15.0 Å². The molecule has 2 aliphatic rings. The van der Waals surface area contributed by atoms with Crippen LogP contribution in [0.2, 0.25) is 10.2 Å². The quantitative estimate of drug-likeness (QED) is 0.741. The minimum absolute atomic E-state index is 0.134. The van der Waals surface area contributed by atoms with Gasteiger partial charge in [0.1, 0.15) is 10.8 Å². The number of anilines is 1. The van der Waals surface area contributed by atoms with E-state index in [1.807, 2.05) is 6.92 Å². The zero-order valence-corrected chi connectivity index (χ0v) is 17.9. The number of hydrogen-bond donors (Lipinski definition) is 1. The number of nitrogens with zero attached hydrogens (tertiary/aromatic N) is 4. The van der Waals surface area contributed by atoms with Crippen LogP contribution < -0.4 is 10.6 Å². The minimum Gasteiger partial charge on any atom is -0.381 e. The summed E-state index contributed by atoms with van der Waals surface area (Å²) < 4.78 is 5.71. The number of aryl methyl sites for hydroxylation is 1. The Morgan fingerprint density at radius 2 is 2.03 bits per heavy atom. The molecule has 1 spiro atoms. The van der Waals surface area contributed by atoms with Crippen LogP contribution in [0.3, 0.4) is 0 Å². The lowest BCUT2D eigenvalue weighted by molar-refractivity contribution is 0.0996. The molecule has 0 unspecified atom stereocenters. The molecule has 29 heavy (non-hydrogen) atoms. The van der Waals surface area contributed by atoms with E-state index in [4.69, 9.17) is 33.7 Å². The maximum Gasteiger partial charge on any atom is 0.268 e. The first-order valence-electron chi connectivity index (χ1n) is 9.64. The molecule has 0 saturated carbocycles. The molecule has 7 nitrogen and oxygen atoms in total. The van der Waals surface area contributed by atoms with E-state index in [1.54, 1.807) is 6.07 Å². The molecule has 1 atom stereocenters. The second-order valence-corrected chi connectivity index (χ2v) is 8.66. The SMILES string of the molecule is Cc1nc(N2CCC3(CC2)COC[C@H]3C)nc(C(N)=O)c1-c1ccnc(Cl)c1Cl. The van der Waals surface area contributed by atoms with Crippen LogP contribution in [0.4, 0.5) is 5.95 Å². The van der Waals surface area contributed by atoms with E-state index >= 15 is 0 Å². The van der Waals surface area contributed by atoms with Crippen LogP contribution in [0.25, 0.3) is 11.1 Å². The second-order valence-electron chi connectivity index (χ2n) is 7.93. The zero-order valence-electron chi connectivity index (χ0n) is 16.4. The summed E-state index contributed by atoms with van der Waals surface area (Å²) in [7, 11) is 0. The molecule has 2 aliphatic heterocycles. The van der Waals surface area contributed by atoms with Crippen molar-refractivity contribution < 1.29 is 9.53 Å². The summed E-state index contributed by atoms with van der Waals surface area (Å²) in [5, 5.41) is 0.392. The number of hydrogen-bond acceptors (Lipinski definition) is 6. The van der Waals surface area contributed by atoms with Crippen LogP contribution >= 0.6 is 23.2 Å². The smallest absolute Gasteiger partial charge is 0.268 e. The fourth-order valence-corrected chi connectivity index (χ4v) is 4.72. The molecule has 2 aromatic rings. The third-order valence-electron chi connectivity index (χ3n) is 6.27. The van der Waals surface area contributed by atoms with Crippen LogP contribution in [-0.2, 0) is 4.74 Å². The number of rotatable bonds is 3. The monoisotopic (exact) mass is 435 g/mol. The Morgan fingerprint density at radius 1 is 1.31 bits per heavy atom. The summed E-state index contributed by atoms with van der Waals surface area (Å²) in [5.74, 6) is 0.425. The van der Waals surface area contributed by atoms with Gasteiger partial charge in [-0.1, -0.05) is 30.1 Å². The Morgan fingerprint density at radius 3 is 2.66 bits per heavy atom. The lowest BCUT2D eigenvalue weighted by Crippen LogP contribution is -2.44. The Balaban J connectivity index is 1.69. The highest BCUT2D eigenvalue weighted by Crippen LogP contribution is 2.44. The molecule has 154 valence electrons. The third kappa shape index (κ3) is 3.56. The summed E-state index contributed by atoms with van der Waals surface area (Å²) in [6.45, 7) is 7.34. The van der Waals surface area contributed by atoms with Gasteiger partial charge in [0.15, 0.2) is 0 Å². The topological polar surface area (TPSA) is 94.2 Å². The normalized spacial score (nSPS) is 21.0. The highest BCUT2D eigenvalue weighted by molar-refractivity contribution is 6.43. The Labute approximate surface area is 179 Å². The summed E-state index contributed by atoms with van der Waals surface area (Å²) in [6, 6.07) is 1.68. The van der Waals surface area contributed by atoms with E-state index in [2.05, 4.69) is 26.8 Å². The van der Waals surface area contributed by atoms with Crippen molar-refractivity contribution in [1.29, 1.82) is 0 Å². The van der Waals surface area contributed by atoms with Gasteiger partial charge in [0.25, 0.3) is 5.91 Å². The van der Waals surface area contributed by atoms with Crippen molar-refractivity contribution in [2.24, 2.45) is 17.1 Å². The molecule has 1 amide bonds. The number of amides is 1. The number of primary amides is 1. The third-order valence-corrected chi connectivity index (χ3v) is 7.04. The second kappa shape index (κ2) is 7.70. The molecule has 2 N–H and O–H groups in total. The number of halogens is 2. The number of ether oxygens (including phenoxy) is 1. The van der Waals surface area contributed by atoms with Gasteiger partial charge in [-0.2, -0.15) is 0 Å². The predicted molar refractivity (Wildman–Crippen MR) is 112 cm³/mol. The fourth-order valence-electron chi connectivity index (χ4n) is 4.36. The first kappa shape index (κ1) is 20.3. The van der Waals surface area contributed by atoms with Crippen molar-refractivity contribution in [3.8, 4) is 11.1 Å². The average molecular weight is 436 g/mol. The van der Waals surface area contributed by atoms with E-state index in [9.17, 15) is 4.79 Å². The van der Waals surface area contributed by atoms with Crippen LogP contribution in [0, 0.1) is 18.3 Å². The highest BCUT2D eigenvalue weighted by Gasteiger charge is 2.44. The lowest BCUT2D eigenvalue weighted by atomic mass is 9.72. The molecule has 2 aromatic heterocycles. The van der Waals surface area contributed by atoms with Crippen LogP contribution in [0.5, 0.6) is 0 Å². The van der Waals surface area contributed by atoms with Gasteiger partial charge >= 0.3 is 0 Å². The summed E-state index contributed by atoms with van der Waals surface area (Å²) >= 11 is 12.4. The standard InChI is InChI=1S/C20H23Cl2N5O2/c1-11-9-29-10-20(11)4-7-27(8-5-20)19-25-12(2)14(16(26-19)18(23)28)13-3-6-24-17(22)15(13)21/h3,6,11H,4-5,7-10H2,1-2H3,(H2,23,28)/t11-/m1/s1. The maximum atomic E-state index is 12.2. The molecule has 9 heteroatoms. The van der Waals surface area contributed by atoms with Gasteiger partial charge in [-0.15, -0.1) is 0 Å². The van der Waals surface area contributed by atoms with Crippen molar-refractivity contribution >= 4 is 35.1 Å². The lowest BCUT2D eigenvalue weighted by Gasteiger charge is -2.41. The number of carbonyl (C=O) groups excluding carboxylic acids is 1. The van der Waals surface area contributed by atoms with Gasteiger partial charge in [0.05, 0.1) is 17.3 Å². The molecule has 0 aromatic carbocycles. The molecular weight excluding hydrogens is 413 g/mol. The van der Waals surface area contributed by atoms with E-state index < -0.39 is 5.91 Å². The number of aromatic nitrogens is 3. The van der Waals surface area contributed by atoms with Crippen molar-refractivity contribution in [1.82, 2.24) is 15.0 Å². The Kier molecular flexibility index (Phi) is 5.40. The average Bonchev–Trinajstić information content (AvgIpc) is 3.04. The first-order valence-corrected chi connectivity index (χ1v) is 10.4. The van der Waals surface area contributed by atoms with Crippen LogP contribution in [0.1, 0.15) is 35.9 Å². The van der Waals surface area contributed by atoms with Gasteiger partial charge in [-0.3, -0.25) is 4.79 Å². The minimum atomic E-state index is -0.637. The maximum absolute atomic E-state index is 12.2. The van der Waals surface area contributed by atoms with Crippen molar-refractivity contribution in [3.63, 3.8) is 0 Å². The summed E-state index contributed by atoms with van der Waals surface area (Å²) in [5.41, 5.74) is 7.68. The van der Waals surface area contributed by atoms with Crippen LogP contribution in [0.15, 0.2) is 12.3 Å². The molecule has 0 bridgehead atoms. The molecular formula is C20H23Cl2N5O2. The van der Waals surface area contributed by atoms with Crippen molar-refractivity contribution in [3.05, 3.63) is 33.8 Å². The van der Waals surface area contributed by atoms with Gasteiger partial charge in [0, 0.05) is 42.4 Å². The van der Waals surface area contributed by atoms with Gasteiger partial charge < -0.3 is 15.4 Å². The zero-order chi connectivity index (χ0) is 20.8. The van der Waals surface area contributed by atoms with E-state index in [-0.39, 0.29) is 21.3 Å². The fraction of sp³-hybridized carbons (Fsp3) is 0.500. The summed E-state index contributed by atoms with van der Waals surface area (Å²) in [4.78, 5) is 27.5. The number of carbonyl (C=O) groups is 1. The van der Waals surface area contributed by atoms with Crippen molar-refractivity contribution in [2.45, 2.75) is 26.7 Å². The van der Waals surface area contributed by atoms with Crippen molar-refractivity contribution in [2.75, 3.05) is 31.2 Å². The number of piperidine rings is 1. The molecule has 4 heterocycles. The largest absolute Gasteiger partial charge is 0.381 e. The number of pyridine rings is 1. The molecule has 0 aliphatic carbocycles. The molecule has 2 fully saturated rings. The predicted octanol–water partition coefficient (Wildman–Crippen LogP) is 3.51. The molecule has 4 rings (SSSR count). The highest BCUT2D eigenvalue weighted by atomic mass is 35.5. The number of nitrogens with two attached hydrogens (primary N) is 1. The summed E-state index contributed by atoms with van der Waals surface area (Å²) in [6.07, 6.45) is 3.54. The molecule has 2 saturated heterocycles.